The molecule has 0 spiro atoms. The Hall–Kier alpha value is -2.94. The lowest BCUT2D eigenvalue weighted by atomic mass is 9.96. The Kier molecular flexibility index (Phi) is 4.99. The van der Waals surface area contributed by atoms with E-state index in [1.165, 1.54) is 11.3 Å². The molecule has 1 N–H and O–H groups in total. The highest BCUT2D eigenvalue weighted by Crippen LogP contribution is 2.32. The largest absolute Gasteiger partial charge is 0.496 e. The summed E-state index contributed by atoms with van der Waals surface area (Å²) >= 11 is 1.45. The van der Waals surface area contributed by atoms with Gasteiger partial charge in [0, 0.05) is 36.9 Å². The van der Waals surface area contributed by atoms with Crippen LogP contribution in [0.15, 0.2) is 29.6 Å². The third kappa shape index (κ3) is 3.45. The summed E-state index contributed by atoms with van der Waals surface area (Å²) in [6.45, 7) is 2.77. The number of nitrogens with one attached hydrogen (secondary N) is 1. The van der Waals surface area contributed by atoms with Gasteiger partial charge in [-0.05, 0) is 25.0 Å². The highest BCUT2D eigenvalue weighted by molar-refractivity contribution is 7.15. The van der Waals surface area contributed by atoms with Gasteiger partial charge in [0.25, 0.3) is 0 Å². The number of fused-ring (bicyclic) bond motifs is 1. The molecule has 9 heteroatoms. The fraction of sp³-hybridized carbons (Fsp3) is 0.368. The van der Waals surface area contributed by atoms with Crippen LogP contribution in [0, 0.1) is 5.92 Å². The van der Waals surface area contributed by atoms with Crippen molar-refractivity contribution < 1.29 is 14.3 Å². The molecule has 146 valence electrons. The monoisotopic (exact) mass is 399 g/mol. The van der Waals surface area contributed by atoms with E-state index < -0.39 is 0 Å². The average Bonchev–Trinajstić information content (AvgIpc) is 3.28. The van der Waals surface area contributed by atoms with Crippen molar-refractivity contribution in [2.24, 2.45) is 5.92 Å². The van der Waals surface area contributed by atoms with E-state index in [2.05, 4.69) is 15.4 Å². The smallest absolute Gasteiger partial charge is 0.250 e. The number of amides is 2. The SMILES string of the molecule is COc1ccccc1-c1csc2nc(NC(=O)C3CCN(C(C)=O)CC3)nn12. The van der Waals surface area contributed by atoms with Crippen molar-refractivity contribution >= 4 is 34.1 Å². The summed E-state index contributed by atoms with van der Waals surface area (Å²) in [5.41, 5.74) is 1.77. The van der Waals surface area contributed by atoms with E-state index >= 15 is 0 Å². The molecule has 1 fully saturated rings. The minimum Gasteiger partial charge on any atom is -0.496 e. The van der Waals surface area contributed by atoms with Crippen molar-refractivity contribution in [3.8, 4) is 17.0 Å². The molecule has 0 atom stereocenters. The Morgan fingerprint density at radius 3 is 2.71 bits per heavy atom. The second-order valence-corrected chi connectivity index (χ2v) is 7.56. The Bertz CT molecular complexity index is 1020. The summed E-state index contributed by atoms with van der Waals surface area (Å²) < 4.78 is 7.16. The molecule has 8 nitrogen and oxygen atoms in total. The molecule has 3 heterocycles. The van der Waals surface area contributed by atoms with Gasteiger partial charge < -0.3 is 9.64 Å². The van der Waals surface area contributed by atoms with Gasteiger partial charge in [0.2, 0.25) is 22.7 Å². The first-order valence-electron chi connectivity index (χ1n) is 9.11. The van der Waals surface area contributed by atoms with E-state index in [-0.39, 0.29) is 17.7 Å². The number of hydrogen-bond donors (Lipinski definition) is 1. The maximum atomic E-state index is 12.6. The fourth-order valence-corrected chi connectivity index (χ4v) is 4.27. The fourth-order valence-electron chi connectivity index (χ4n) is 3.45. The maximum Gasteiger partial charge on any atom is 0.250 e. The first kappa shape index (κ1) is 18.4. The number of thiazole rings is 1. The topological polar surface area (TPSA) is 88.8 Å². The quantitative estimate of drug-likeness (QED) is 0.729. The van der Waals surface area contributed by atoms with Gasteiger partial charge in [-0.15, -0.1) is 16.4 Å². The first-order chi connectivity index (χ1) is 13.6. The normalized spacial score (nSPS) is 15.0. The van der Waals surface area contributed by atoms with Crippen molar-refractivity contribution in [3.63, 3.8) is 0 Å². The van der Waals surface area contributed by atoms with Crippen LogP contribution >= 0.6 is 11.3 Å². The van der Waals surface area contributed by atoms with E-state index in [1.54, 1.807) is 23.4 Å². The van der Waals surface area contributed by atoms with Crippen molar-refractivity contribution in [2.75, 3.05) is 25.5 Å². The Morgan fingerprint density at radius 1 is 1.25 bits per heavy atom. The van der Waals surface area contributed by atoms with Crippen LogP contribution < -0.4 is 10.1 Å². The highest BCUT2D eigenvalue weighted by atomic mass is 32.1. The summed E-state index contributed by atoms with van der Waals surface area (Å²) in [6.07, 6.45) is 1.31. The third-order valence-electron chi connectivity index (χ3n) is 5.01. The maximum absolute atomic E-state index is 12.6. The predicted octanol–water partition coefficient (Wildman–Crippen LogP) is 2.66. The number of ether oxygens (including phenoxy) is 1. The molecule has 0 bridgehead atoms. The zero-order valence-electron chi connectivity index (χ0n) is 15.7. The van der Waals surface area contributed by atoms with Gasteiger partial charge in [-0.3, -0.25) is 14.9 Å². The number of carbonyl (C=O) groups excluding carboxylic acids is 2. The number of para-hydroxylation sites is 1. The van der Waals surface area contributed by atoms with Gasteiger partial charge in [-0.25, -0.2) is 4.52 Å². The lowest BCUT2D eigenvalue weighted by Gasteiger charge is -2.30. The minimum absolute atomic E-state index is 0.0544. The number of hydrogen-bond acceptors (Lipinski definition) is 6. The molecular weight excluding hydrogens is 378 g/mol. The molecule has 1 saturated heterocycles. The van der Waals surface area contributed by atoms with Crippen LogP contribution in [0.2, 0.25) is 0 Å². The molecule has 1 aliphatic rings. The molecule has 1 aliphatic heterocycles. The average molecular weight is 399 g/mol. The summed E-state index contributed by atoms with van der Waals surface area (Å²) in [5, 5.41) is 9.26. The van der Waals surface area contributed by atoms with Crippen LogP contribution in [0.1, 0.15) is 19.8 Å². The van der Waals surface area contributed by atoms with Crippen LogP contribution in [-0.2, 0) is 9.59 Å². The van der Waals surface area contributed by atoms with Gasteiger partial charge in [0.05, 0.1) is 12.8 Å². The minimum atomic E-state index is -0.133. The van der Waals surface area contributed by atoms with Crippen LogP contribution in [0.25, 0.3) is 16.2 Å². The second kappa shape index (κ2) is 7.59. The zero-order valence-corrected chi connectivity index (χ0v) is 16.5. The molecule has 28 heavy (non-hydrogen) atoms. The lowest BCUT2D eigenvalue weighted by Crippen LogP contribution is -2.40. The first-order valence-corrected chi connectivity index (χ1v) is 9.99. The summed E-state index contributed by atoms with van der Waals surface area (Å²) in [7, 11) is 1.63. The van der Waals surface area contributed by atoms with Crippen molar-refractivity contribution in [1.82, 2.24) is 19.5 Å². The number of rotatable bonds is 4. The lowest BCUT2D eigenvalue weighted by molar-refractivity contribution is -0.132. The second-order valence-electron chi connectivity index (χ2n) is 6.72. The number of methoxy groups -OCH3 is 1. The van der Waals surface area contributed by atoms with Crippen molar-refractivity contribution in [1.29, 1.82) is 0 Å². The predicted molar refractivity (Wildman–Crippen MR) is 106 cm³/mol. The number of piperidine rings is 1. The number of aromatic nitrogens is 3. The Labute approximate surface area is 166 Å². The number of carbonyl (C=O) groups is 2. The third-order valence-corrected chi connectivity index (χ3v) is 5.83. The summed E-state index contributed by atoms with van der Waals surface area (Å²) in [4.78, 5) is 30.9. The number of nitrogens with zero attached hydrogens (tertiary/aromatic N) is 4. The molecule has 0 saturated carbocycles. The summed E-state index contributed by atoms with van der Waals surface area (Å²) in [6, 6.07) is 7.71. The van der Waals surface area contributed by atoms with E-state index in [9.17, 15) is 9.59 Å². The van der Waals surface area contributed by atoms with Crippen LogP contribution in [0.4, 0.5) is 5.95 Å². The zero-order chi connectivity index (χ0) is 19.7. The Morgan fingerprint density at radius 2 is 2.00 bits per heavy atom. The highest BCUT2D eigenvalue weighted by Gasteiger charge is 2.27. The van der Waals surface area contributed by atoms with Gasteiger partial charge in [0.15, 0.2) is 0 Å². The molecule has 2 amide bonds. The van der Waals surface area contributed by atoms with Gasteiger partial charge >= 0.3 is 0 Å². The summed E-state index contributed by atoms with van der Waals surface area (Å²) in [5.74, 6) is 0.868. The molecule has 0 radical (unpaired) electrons. The van der Waals surface area contributed by atoms with E-state index in [4.69, 9.17) is 4.74 Å². The van der Waals surface area contributed by atoms with Gasteiger partial charge in [-0.2, -0.15) is 4.98 Å². The molecule has 1 aromatic carbocycles. The number of benzene rings is 1. The number of likely N-dealkylation sites (tertiary alicyclic amines) is 1. The van der Waals surface area contributed by atoms with E-state index in [1.807, 2.05) is 29.6 Å². The van der Waals surface area contributed by atoms with Crippen LogP contribution in [0.3, 0.4) is 0 Å². The van der Waals surface area contributed by atoms with Crippen molar-refractivity contribution in [2.45, 2.75) is 19.8 Å². The van der Waals surface area contributed by atoms with Gasteiger partial charge in [0.1, 0.15) is 5.75 Å². The molecular formula is C19H21N5O3S. The molecule has 0 aliphatic carbocycles. The van der Waals surface area contributed by atoms with Crippen LogP contribution in [-0.4, -0.2) is 51.5 Å². The molecule has 4 rings (SSSR count). The standard InChI is InChI=1S/C19H21N5O3S/c1-12(25)23-9-7-13(8-10-23)17(26)20-18-21-19-24(22-18)15(11-28-19)14-5-3-4-6-16(14)27-2/h3-6,11,13H,7-10H2,1-2H3,(H,20,22,26). The molecule has 0 unspecified atom stereocenters. The van der Waals surface area contributed by atoms with Crippen molar-refractivity contribution in [3.05, 3.63) is 29.6 Å². The molecule has 3 aromatic rings. The van der Waals surface area contributed by atoms with Crippen LogP contribution in [0.5, 0.6) is 5.75 Å². The number of anilines is 1. The molecule has 2 aromatic heterocycles. The van der Waals surface area contributed by atoms with E-state index in [0.29, 0.717) is 36.8 Å². The Balaban J connectivity index is 1.51. The van der Waals surface area contributed by atoms with E-state index in [0.717, 1.165) is 17.0 Å². The van der Waals surface area contributed by atoms with Gasteiger partial charge in [-0.1, -0.05) is 12.1 Å².